The van der Waals surface area contributed by atoms with Gasteiger partial charge in [-0.05, 0) is 30.0 Å². The van der Waals surface area contributed by atoms with Gasteiger partial charge in [0.25, 0.3) is 11.5 Å². The first-order valence-corrected chi connectivity index (χ1v) is 9.62. The number of aromatic amines is 1. The summed E-state index contributed by atoms with van der Waals surface area (Å²) in [5, 5.41) is 2.59. The van der Waals surface area contributed by atoms with E-state index >= 15 is 0 Å². The largest absolute Gasteiger partial charge is 0.335 e. The number of hydrogen-bond acceptors (Lipinski definition) is 5. The SMILES string of the molecule is O=C(c1nc2ccccc2c(=O)[nH]1)N1CCCN(Cc2cccs2)CC1. The van der Waals surface area contributed by atoms with Crippen LogP contribution in [-0.4, -0.2) is 51.9 Å². The molecular formula is C19H20N4O2S. The molecule has 3 aromatic rings. The number of thiophene rings is 1. The van der Waals surface area contributed by atoms with Gasteiger partial charge in [-0.25, -0.2) is 4.98 Å². The van der Waals surface area contributed by atoms with Crippen LogP contribution in [-0.2, 0) is 6.54 Å². The van der Waals surface area contributed by atoms with Gasteiger partial charge in [0.2, 0.25) is 0 Å². The molecule has 1 aliphatic rings. The summed E-state index contributed by atoms with van der Waals surface area (Å²) in [5.41, 5.74) is 0.279. The van der Waals surface area contributed by atoms with Gasteiger partial charge < -0.3 is 9.88 Å². The molecule has 1 aromatic carbocycles. The molecular weight excluding hydrogens is 348 g/mol. The van der Waals surface area contributed by atoms with Crippen LogP contribution in [0.25, 0.3) is 10.9 Å². The van der Waals surface area contributed by atoms with Gasteiger partial charge in [-0.1, -0.05) is 18.2 Å². The summed E-state index contributed by atoms with van der Waals surface area (Å²) in [7, 11) is 0. The summed E-state index contributed by atoms with van der Waals surface area (Å²) in [4.78, 5) is 37.6. The highest BCUT2D eigenvalue weighted by Crippen LogP contribution is 2.15. The highest BCUT2D eigenvalue weighted by molar-refractivity contribution is 7.09. The molecule has 1 N–H and O–H groups in total. The number of benzene rings is 1. The molecule has 1 saturated heterocycles. The fourth-order valence-electron chi connectivity index (χ4n) is 3.29. The molecule has 0 atom stereocenters. The van der Waals surface area contributed by atoms with Crippen LogP contribution in [0.4, 0.5) is 0 Å². The molecule has 0 unspecified atom stereocenters. The number of hydrogen-bond donors (Lipinski definition) is 1. The molecule has 0 spiro atoms. The van der Waals surface area contributed by atoms with Gasteiger partial charge in [-0.15, -0.1) is 11.3 Å². The Bertz CT molecular complexity index is 967. The molecule has 7 heteroatoms. The minimum Gasteiger partial charge on any atom is -0.335 e. The Balaban J connectivity index is 1.49. The summed E-state index contributed by atoms with van der Waals surface area (Å²) in [6, 6.07) is 11.3. The van der Waals surface area contributed by atoms with E-state index in [1.54, 1.807) is 34.4 Å². The number of nitrogens with zero attached hydrogens (tertiary/aromatic N) is 3. The highest BCUT2D eigenvalue weighted by Gasteiger charge is 2.22. The van der Waals surface area contributed by atoms with Crippen LogP contribution in [0.1, 0.15) is 21.9 Å². The Hall–Kier alpha value is -2.51. The van der Waals surface area contributed by atoms with Gasteiger partial charge in [0.1, 0.15) is 0 Å². The standard InChI is InChI=1S/C19H20N4O2S/c24-18-15-6-1-2-7-16(15)20-17(21-18)19(25)23-9-4-8-22(10-11-23)13-14-5-3-12-26-14/h1-3,5-7,12H,4,8-11,13H2,(H,20,21,24). The lowest BCUT2D eigenvalue weighted by Crippen LogP contribution is -2.36. The van der Waals surface area contributed by atoms with Crippen molar-refractivity contribution in [2.75, 3.05) is 26.2 Å². The van der Waals surface area contributed by atoms with Crippen molar-refractivity contribution in [3.05, 3.63) is 62.8 Å². The van der Waals surface area contributed by atoms with Crippen LogP contribution in [0.5, 0.6) is 0 Å². The fraction of sp³-hybridized carbons (Fsp3) is 0.316. The molecule has 0 bridgehead atoms. The monoisotopic (exact) mass is 368 g/mol. The number of amides is 1. The summed E-state index contributed by atoms with van der Waals surface area (Å²) < 4.78 is 0. The fourth-order valence-corrected chi connectivity index (χ4v) is 4.04. The van der Waals surface area contributed by atoms with E-state index in [-0.39, 0.29) is 17.3 Å². The first-order valence-electron chi connectivity index (χ1n) is 8.74. The third-order valence-corrected chi connectivity index (χ3v) is 5.51. The second-order valence-electron chi connectivity index (χ2n) is 6.43. The van der Waals surface area contributed by atoms with Crippen LogP contribution >= 0.6 is 11.3 Å². The summed E-state index contributed by atoms with van der Waals surface area (Å²) in [5.74, 6) is -0.0776. The van der Waals surface area contributed by atoms with Gasteiger partial charge in [0, 0.05) is 37.6 Å². The van der Waals surface area contributed by atoms with Crippen molar-refractivity contribution >= 4 is 28.1 Å². The second kappa shape index (κ2) is 7.39. The zero-order valence-electron chi connectivity index (χ0n) is 14.4. The van der Waals surface area contributed by atoms with Gasteiger partial charge >= 0.3 is 0 Å². The summed E-state index contributed by atoms with van der Waals surface area (Å²) >= 11 is 1.76. The van der Waals surface area contributed by atoms with Gasteiger partial charge in [-0.3, -0.25) is 14.5 Å². The number of aromatic nitrogens is 2. The van der Waals surface area contributed by atoms with E-state index in [2.05, 4.69) is 32.4 Å². The maximum absolute atomic E-state index is 12.8. The van der Waals surface area contributed by atoms with Crippen LogP contribution in [0.2, 0.25) is 0 Å². The number of carbonyl (C=O) groups is 1. The van der Waals surface area contributed by atoms with Crippen molar-refractivity contribution < 1.29 is 4.79 Å². The minimum absolute atomic E-state index is 0.125. The lowest BCUT2D eigenvalue weighted by Gasteiger charge is -2.21. The normalized spacial score (nSPS) is 15.9. The Kier molecular flexibility index (Phi) is 4.81. The van der Waals surface area contributed by atoms with Crippen molar-refractivity contribution in [1.29, 1.82) is 0 Å². The lowest BCUT2D eigenvalue weighted by molar-refractivity contribution is 0.0749. The molecule has 134 valence electrons. The molecule has 3 heterocycles. The topological polar surface area (TPSA) is 69.3 Å². The number of para-hydroxylation sites is 1. The Labute approximate surface area is 155 Å². The van der Waals surface area contributed by atoms with Crippen LogP contribution in [0.15, 0.2) is 46.6 Å². The molecule has 1 amide bonds. The average molecular weight is 368 g/mol. The molecule has 0 saturated carbocycles. The number of carbonyl (C=O) groups excluding carboxylic acids is 1. The minimum atomic E-state index is -0.270. The van der Waals surface area contributed by atoms with Crippen LogP contribution in [0.3, 0.4) is 0 Å². The van der Waals surface area contributed by atoms with E-state index < -0.39 is 0 Å². The van der Waals surface area contributed by atoms with Crippen molar-refractivity contribution in [1.82, 2.24) is 19.8 Å². The van der Waals surface area contributed by atoms with E-state index in [4.69, 9.17) is 0 Å². The summed E-state index contributed by atoms with van der Waals surface area (Å²) in [6.45, 7) is 4.02. The van der Waals surface area contributed by atoms with Crippen LogP contribution < -0.4 is 5.56 Å². The quantitative estimate of drug-likeness (QED) is 0.770. The molecule has 0 radical (unpaired) electrons. The first-order chi connectivity index (χ1) is 12.7. The molecule has 26 heavy (non-hydrogen) atoms. The Morgan fingerprint density at radius 2 is 2.00 bits per heavy atom. The third-order valence-electron chi connectivity index (χ3n) is 4.65. The number of rotatable bonds is 3. The van der Waals surface area contributed by atoms with E-state index in [1.807, 2.05) is 6.07 Å². The number of nitrogens with one attached hydrogen (secondary N) is 1. The van der Waals surface area contributed by atoms with Gasteiger partial charge in [-0.2, -0.15) is 0 Å². The molecule has 0 aliphatic carbocycles. The Morgan fingerprint density at radius 1 is 1.12 bits per heavy atom. The maximum atomic E-state index is 12.8. The predicted molar refractivity (Wildman–Crippen MR) is 102 cm³/mol. The zero-order chi connectivity index (χ0) is 17.9. The van der Waals surface area contributed by atoms with E-state index in [0.717, 1.165) is 26.1 Å². The average Bonchev–Trinajstić information content (AvgIpc) is 3.05. The van der Waals surface area contributed by atoms with Crippen molar-refractivity contribution in [3.8, 4) is 0 Å². The van der Waals surface area contributed by atoms with Crippen LogP contribution in [0, 0.1) is 0 Å². The van der Waals surface area contributed by atoms with Gasteiger partial charge in [0.05, 0.1) is 10.9 Å². The molecule has 1 aliphatic heterocycles. The number of fused-ring (bicyclic) bond motifs is 1. The lowest BCUT2D eigenvalue weighted by atomic mass is 10.2. The highest BCUT2D eigenvalue weighted by atomic mass is 32.1. The zero-order valence-corrected chi connectivity index (χ0v) is 15.2. The van der Waals surface area contributed by atoms with E-state index in [0.29, 0.717) is 24.0 Å². The van der Waals surface area contributed by atoms with E-state index in [9.17, 15) is 9.59 Å². The van der Waals surface area contributed by atoms with Crippen molar-refractivity contribution in [2.45, 2.75) is 13.0 Å². The van der Waals surface area contributed by atoms with Crippen molar-refractivity contribution in [2.24, 2.45) is 0 Å². The Morgan fingerprint density at radius 3 is 2.85 bits per heavy atom. The number of H-pyrrole nitrogens is 1. The maximum Gasteiger partial charge on any atom is 0.289 e. The first kappa shape index (κ1) is 16.9. The smallest absolute Gasteiger partial charge is 0.289 e. The molecule has 4 rings (SSSR count). The molecule has 6 nitrogen and oxygen atoms in total. The third kappa shape index (κ3) is 3.54. The van der Waals surface area contributed by atoms with Crippen molar-refractivity contribution in [3.63, 3.8) is 0 Å². The van der Waals surface area contributed by atoms with Gasteiger partial charge in [0.15, 0.2) is 5.82 Å². The molecule has 2 aromatic heterocycles. The predicted octanol–water partition coefficient (Wildman–Crippen LogP) is 2.33. The second-order valence-corrected chi connectivity index (χ2v) is 7.47. The van der Waals surface area contributed by atoms with E-state index in [1.165, 1.54) is 4.88 Å². The summed E-state index contributed by atoms with van der Waals surface area (Å²) in [6.07, 6.45) is 0.912. The molecule has 1 fully saturated rings.